The molecule has 3 nitrogen and oxygen atoms in total. The minimum atomic E-state index is 0.356. The molecule has 2 unspecified atom stereocenters. The van der Waals surface area contributed by atoms with Gasteiger partial charge >= 0.3 is 0 Å². The molecule has 0 bridgehead atoms. The zero-order valence-corrected chi connectivity index (χ0v) is 13.1. The third-order valence-electron chi connectivity index (χ3n) is 4.37. The predicted molar refractivity (Wildman–Crippen MR) is 85.0 cm³/mol. The SMILES string of the molecule is CNC1C(Sc2ncnc3ccccc23)CCC1(C)C. The van der Waals surface area contributed by atoms with Crippen molar-refractivity contribution in [3.8, 4) is 0 Å². The van der Waals surface area contributed by atoms with Crippen molar-refractivity contribution in [2.75, 3.05) is 7.05 Å². The van der Waals surface area contributed by atoms with Crippen molar-refractivity contribution in [2.45, 2.75) is 43.0 Å². The van der Waals surface area contributed by atoms with Gasteiger partial charge in [0.15, 0.2) is 0 Å². The van der Waals surface area contributed by atoms with Crippen molar-refractivity contribution in [3.63, 3.8) is 0 Å². The fraction of sp³-hybridized carbons (Fsp3) is 0.500. The molecule has 2 aromatic rings. The summed E-state index contributed by atoms with van der Waals surface area (Å²) in [7, 11) is 2.07. The maximum atomic E-state index is 4.51. The first kappa shape index (κ1) is 13.8. The van der Waals surface area contributed by atoms with E-state index in [9.17, 15) is 0 Å². The van der Waals surface area contributed by atoms with E-state index in [4.69, 9.17) is 0 Å². The molecule has 1 aliphatic rings. The average Bonchev–Trinajstić information content (AvgIpc) is 2.73. The number of benzene rings is 1. The van der Waals surface area contributed by atoms with Crippen molar-refractivity contribution in [1.29, 1.82) is 0 Å². The van der Waals surface area contributed by atoms with Crippen LogP contribution in [0, 0.1) is 5.41 Å². The van der Waals surface area contributed by atoms with Crippen LogP contribution in [-0.4, -0.2) is 28.3 Å². The van der Waals surface area contributed by atoms with Gasteiger partial charge in [0.25, 0.3) is 0 Å². The molecule has 1 aromatic heterocycles. The number of hydrogen-bond donors (Lipinski definition) is 1. The second-order valence-corrected chi connectivity index (χ2v) is 7.37. The summed E-state index contributed by atoms with van der Waals surface area (Å²) >= 11 is 1.90. The van der Waals surface area contributed by atoms with E-state index >= 15 is 0 Å². The van der Waals surface area contributed by atoms with Gasteiger partial charge in [-0.05, 0) is 31.4 Å². The van der Waals surface area contributed by atoms with Crippen LogP contribution < -0.4 is 5.32 Å². The predicted octanol–water partition coefficient (Wildman–Crippen LogP) is 3.50. The number of thioether (sulfide) groups is 1. The summed E-state index contributed by atoms with van der Waals surface area (Å²) in [6.45, 7) is 4.71. The Morgan fingerprint density at radius 3 is 2.85 bits per heavy atom. The zero-order valence-electron chi connectivity index (χ0n) is 12.3. The number of nitrogens with zero attached hydrogens (tertiary/aromatic N) is 2. The number of hydrogen-bond acceptors (Lipinski definition) is 4. The molecule has 0 radical (unpaired) electrons. The molecular formula is C16H21N3S. The molecule has 0 amide bonds. The normalized spacial score (nSPS) is 25.1. The van der Waals surface area contributed by atoms with E-state index in [0.717, 1.165) is 10.5 Å². The summed E-state index contributed by atoms with van der Waals surface area (Å²) in [4.78, 5) is 8.86. The lowest BCUT2D eigenvalue weighted by atomic mass is 9.87. The van der Waals surface area contributed by atoms with E-state index < -0.39 is 0 Å². The van der Waals surface area contributed by atoms with E-state index in [1.54, 1.807) is 6.33 Å². The average molecular weight is 287 g/mol. The molecule has 1 saturated carbocycles. The number of rotatable bonds is 3. The molecular weight excluding hydrogens is 266 g/mol. The van der Waals surface area contributed by atoms with Crippen molar-refractivity contribution < 1.29 is 0 Å². The van der Waals surface area contributed by atoms with Crippen molar-refractivity contribution in [2.24, 2.45) is 5.41 Å². The summed E-state index contributed by atoms with van der Waals surface area (Å²) < 4.78 is 0. The lowest BCUT2D eigenvalue weighted by Crippen LogP contribution is -2.41. The molecule has 20 heavy (non-hydrogen) atoms. The second kappa shape index (κ2) is 5.34. The van der Waals surface area contributed by atoms with E-state index in [1.165, 1.54) is 18.2 Å². The Labute approximate surface area is 124 Å². The Bertz CT molecular complexity index is 606. The number of fused-ring (bicyclic) bond motifs is 1. The van der Waals surface area contributed by atoms with E-state index in [-0.39, 0.29) is 0 Å². The molecule has 0 saturated heterocycles. The lowest BCUT2D eigenvalue weighted by molar-refractivity contribution is 0.300. The van der Waals surface area contributed by atoms with Crippen LogP contribution >= 0.6 is 11.8 Å². The minimum absolute atomic E-state index is 0.356. The summed E-state index contributed by atoms with van der Waals surface area (Å²) in [5, 5.41) is 6.36. The molecule has 1 aromatic carbocycles. The largest absolute Gasteiger partial charge is 0.315 e. The first-order chi connectivity index (χ1) is 9.62. The Balaban J connectivity index is 1.90. The zero-order chi connectivity index (χ0) is 14.2. The number of aromatic nitrogens is 2. The smallest absolute Gasteiger partial charge is 0.117 e. The van der Waals surface area contributed by atoms with Crippen LogP contribution in [0.15, 0.2) is 35.6 Å². The molecule has 1 fully saturated rings. The van der Waals surface area contributed by atoms with Gasteiger partial charge in [0.05, 0.1) is 5.52 Å². The van der Waals surface area contributed by atoms with E-state index in [0.29, 0.717) is 16.7 Å². The fourth-order valence-corrected chi connectivity index (χ4v) is 4.83. The third kappa shape index (κ3) is 2.42. The quantitative estimate of drug-likeness (QED) is 0.877. The van der Waals surface area contributed by atoms with Crippen LogP contribution in [-0.2, 0) is 0 Å². The standard InChI is InChI=1S/C16H21N3S/c1-16(2)9-8-13(14(16)17-3)20-15-11-6-4-5-7-12(11)18-10-19-15/h4-7,10,13-14,17H,8-9H2,1-3H3. The summed E-state index contributed by atoms with van der Waals surface area (Å²) in [6.07, 6.45) is 4.18. The molecule has 1 aliphatic carbocycles. The summed E-state index contributed by atoms with van der Waals surface area (Å²) in [5.74, 6) is 0. The Morgan fingerprint density at radius 1 is 1.25 bits per heavy atom. The van der Waals surface area contributed by atoms with E-state index in [2.05, 4.69) is 54.4 Å². The van der Waals surface area contributed by atoms with Crippen molar-refractivity contribution >= 4 is 22.7 Å². The Hall–Kier alpha value is -1.13. The lowest BCUT2D eigenvalue weighted by Gasteiger charge is -2.30. The fourth-order valence-electron chi connectivity index (χ4n) is 3.26. The first-order valence-corrected chi connectivity index (χ1v) is 8.03. The molecule has 1 heterocycles. The van der Waals surface area contributed by atoms with Gasteiger partial charge in [0.1, 0.15) is 11.4 Å². The van der Waals surface area contributed by atoms with Crippen LogP contribution in [0.5, 0.6) is 0 Å². The Kier molecular flexibility index (Phi) is 3.69. The molecule has 0 spiro atoms. The van der Waals surface area contributed by atoms with Crippen LogP contribution in [0.3, 0.4) is 0 Å². The van der Waals surface area contributed by atoms with Gasteiger partial charge in [-0.3, -0.25) is 0 Å². The van der Waals surface area contributed by atoms with Crippen LogP contribution in [0.4, 0.5) is 0 Å². The van der Waals surface area contributed by atoms with Gasteiger partial charge in [-0.2, -0.15) is 0 Å². The second-order valence-electron chi connectivity index (χ2n) is 6.15. The molecule has 106 valence electrons. The maximum Gasteiger partial charge on any atom is 0.117 e. The number of para-hydroxylation sites is 1. The highest BCUT2D eigenvalue weighted by Gasteiger charge is 2.41. The van der Waals surface area contributed by atoms with E-state index in [1.807, 2.05) is 17.8 Å². The molecule has 1 N–H and O–H groups in total. The van der Waals surface area contributed by atoms with Gasteiger partial charge < -0.3 is 5.32 Å². The topological polar surface area (TPSA) is 37.8 Å². The van der Waals surface area contributed by atoms with Gasteiger partial charge in [-0.25, -0.2) is 9.97 Å². The molecule has 0 aliphatic heterocycles. The molecule has 3 rings (SSSR count). The summed E-state index contributed by atoms with van der Waals surface area (Å²) in [6, 6.07) is 8.78. The van der Waals surface area contributed by atoms with Gasteiger partial charge in [0.2, 0.25) is 0 Å². The van der Waals surface area contributed by atoms with Crippen LogP contribution in [0.1, 0.15) is 26.7 Å². The minimum Gasteiger partial charge on any atom is -0.315 e. The highest BCUT2D eigenvalue weighted by molar-refractivity contribution is 8.00. The van der Waals surface area contributed by atoms with Crippen LogP contribution in [0.25, 0.3) is 10.9 Å². The van der Waals surface area contributed by atoms with Crippen LogP contribution in [0.2, 0.25) is 0 Å². The maximum absolute atomic E-state index is 4.51. The van der Waals surface area contributed by atoms with Crippen molar-refractivity contribution in [1.82, 2.24) is 15.3 Å². The highest BCUT2D eigenvalue weighted by atomic mass is 32.2. The number of nitrogens with one attached hydrogen (secondary N) is 1. The third-order valence-corrected chi connectivity index (χ3v) is 5.73. The van der Waals surface area contributed by atoms with Gasteiger partial charge in [-0.15, -0.1) is 11.8 Å². The molecule has 2 atom stereocenters. The molecule has 4 heteroatoms. The van der Waals surface area contributed by atoms with Gasteiger partial charge in [-0.1, -0.05) is 32.0 Å². The highest BCUT2D eigenvalue weighted by Crippen LogP contribution is 2.45. The first-order valence-electron chi connectivity index (χ1n) is 7.15. The summed E-state index contributed by atoms with van der Waals surface area (Å²) in [5.41, 5.74) is 1.39. The van der Waals surface area contributed by atoms with Crippen molar-refractivity contribution in [3.05, 3.63) is 30.6 Å². The van der Waals surface area contributed by atoms with Gasteiger partial charge in [0, 0.05) is 16.7 Å². The Morgan fingerprint density at radius 2 is 2.05 bits per heavy atom. The monoisotopic (exact) mass is 287 g/mol.